The third-order valence-corrected chi connectivity index (χ3v) is 7.09. The Hall–Kier alpha value is -3.77. The number of hydrogen-bond donors (Lipinski definition) is 2. The molecule has 0 spiro atoms. The van der Waals surface area contributed by atoms with Crippen LogP contribution >= 0.6 is 0 Å². The highest BCUT2D eigenvalue weighted by atomic mass is 19.4. The average Bonchev–Trinajstić information content (AvgIpc) is 3.17. The number of piperidine rings is 1. The van der Waals surface area contributed by atoms with Gasteiger partial charge in [-0.15, -0.1) is 0 Å². The number of alkyl halides is 3. The summed E-state index contributed by atoms with van der Waals surface area (Å²) >= 11 is 0. The number of nitrogens with one attached hydrogen (secondary N) is 1. The summed E-state index contributed by atoms with van der Waals surface area (Å²) in [5.41, 5.74) is 5.10. The molecule has 2 heterocycles. The van der Waals surface area contributed by atoms with Crippen molar-refractivity contribution in [2.45, 2.75) is 51.1 Å². The molecule has 0 bridgehead atoms. The molecule has 0 radical (unpaired) electrons. The zero-order valence-corrected chi connectivity index (χ0v) is 23.0. The molecule has 0 aliphatic carbocycles. The van der Waals surface area contributed by atoms with Gasteiger partial charge in [-0.25, -0.2) is 5.01 Å². The van der Waals surface area contributed by atoms with E-state index in [0.717, 1.165) is 11.1 Å². The minimum Gasteiger partial charge on any atom is -0.374 e. The molecule has 0 saturated carbocycles. The zero-order chi connectivity index (χ0) is 29.8. The first kappa shape index (κ1) is 30.2. The molecule has 2 atom stereocenters. The number of ether oxygens (including phenoxy) is 1. The molecule has 9 nitrogen and oxygen atoms in total. The maximum Gasteiger partial charge on any atom is 0.408 e. The maximum absolute atomic E-state index is 13.8. The van der Waals surface area contributed by atoms with Gasteiger partial charge in [0.15, 0.2) is 0 Å². The molecular formula is C29H34F3N5O4. The fraction of sp³-hybridized carbons (Fsp3) is 0.448. The summed E-state index contributed by atoms with van der Waals surface area (Å²) in [5, 5.41) is 7.20. The summed E-state index contributed by atoms with van der Waals surface area (Å²) in [6, 6.07) is 17.0. The van der Waals surface area contributed by atoms with Crippen molar-refractivity contribution in [2.75, 3.05) is 26.2 Å². The van der Waals surface area contributed by atoms with Crippen molar-refractivity contribution in [3.8, 4) is 0 Å². The van der Waals surface area contributed by atoms with Crippen LogP contribution in [0.2, 0.25) is 0 Å². The second kappa shape index (κ2) is 12.0. The van der Waals surface area contributed by atoms with E-state index in [1.165, 1.54) is 18.7 Å². The lowest BCUT2D eigenvalue weighted by atomic mass is 9.73. The quantitative estimate of drug-likeness (QED) is 0.453. The molecule has 1 fully saturated rings. The lowest BCUT2D eigenvalue weighted by molar-refractivity contribution is -0.164. The Labute approximate surface area is 236 Å². The van der Waals surface area contributed by atoms with Crippen molar-refractivity contribution < 1.29 is 32.3 Å². The van der Waals surface area contributed by atoms with Crippen molar-refractivity contribution >= 4 is 23.4 Å². The summed E-state index contributed by atoms with van der Waals surface area (Å²) in [6.07, 6.45) is -4.47. The number of rotatable bonds is 10. The van der Waals surface area contributed by atoms with Crippen LogP contribution in [0.25, 0.3) is 0 Å². The van der Waals surface area contributed by atoms with E-state index in [9.17, 15) is 27.6 Å². The number of benzene rings is 2. The zero-order valence-electron chi connectivity index (χ0n) is 23.0. The topological polar surface area (TPSA) is 117 Å². The van der Waals surface area contributed by atoms with Gasteiger partial charge in [-0.2, -0.15) is 18.3 Å². The van der Waals surface area contributed by atoms with E-state index in [4.69, 9.17) is 10.5 Å². The van der Waals surface area contributed by atoms with Crippen LogP contribution in [-0.4, -0.2) is 77.3 Å². The molecule has 2 aliphatic rings. The van der Waals surface area contributed by atoms with Crippen LogP contribution in [0.15, 0.2) is 65.8 Å². The molecule has 2 aromatic carbocycles. The molecule has 4 rings (SSSR count). The molecule has 220 valence electrons. The van der Waals surface area contributed by atoms with Gasteiger partial charge >= 0.3 is 6.18 Å². The van der Waals surface area contributed by atoms with Gasteiger partial charge in [0.05, 0.1) is 24.5 Å². The van der Waals surface area contributed by atoms with Crippen molar-refractivity contribution in [2.24, 2.45) is 16.3 Å². The third-order valence-electron chi connectivity index (χ3n) is 7.09. The fourth-order valence-electron chi connectivity index (χ4n) is 5.00. The van der Waals surface area contributed by atoms with Crippen LogP contribution in [0.3, 0.4) is 0 Å². The highest BCUT2D eigenvalue weighted by Crippen LogP contribution is 2.39. The van der Waals surface area contributed by atoms with Gasteiger partial charge in [-0.3, -0.25) is 14.4 Å². The van der Waals surface area contributed by atoms with Gasteiger partial charge in [0.1, 0.15) is 18.0 Å². The molecular weight excluding hydrogens is 539 g/mol. The highest BCUT2D eigenvalue weighted by Gasteiger charge is 2.56. The molecule has 12 heteroatoms. The Morgan fingerprint density at radius 1 is 1.07 bits per heavy atom. The Morgan fingerprint density at radius 2 is 1.68 bits per heavy atom. The number of hydrogen-bond acceptors (Lipinski definition) is 6. The number of fused-ring (bicyclic) bond motifs is 1. The van der Waals surface area contributed by atoms with Gasteiger partial charge in [0.25, 0.3) is 5.91 Å². The lowest BCUT2D eigenvalue weighted by Crippen LogP contribution is -2.61. The first-order valence-corrected chi connectivity index (χ1v) is 13.3. The van der Waals surface area contributed by atoms with Crippen LogP contribution < -0.4 is 11.1 Å². The first-order chi connectivity index (χ1) is 19.3. The van der Waals surface area contributed by atoms with Crippen LogP contribution in [0, 0.1) is 5.41 Å². The number of nitrogens with zero attached hydrogens (tertiary/aromatic N) is 3. The Kier molecular flexibility index (Phi) is 8.83. The van der Waals surface area contributed by atoms with E-state index >= 15 is 0 Å². The summed E-state index contributed by atoms with van der Waals surface area (Å²) in [4.78, 5) is 41.6. The lowest BCUT2D eigenvalue weighted by Gasteiger charge is -2.41. The molecule has 2 aliphatic heterocycles. The van der Waals surface area contributed by atoms with Crippen molar-refractivity contribution in [1.29, 1.82) is 0 Å². The molecule has 0 aromatic heterocycles. The number of hydrazone groups is 1. The van der Waals surface area contributed by atoms with E-state index in [2.05, 4.69) is 10.4 Å². The maximum atomic E-state index is 13.8. The number of likely N-dealkylation sites (tertiary alicyclic amines) is 1. The number of halogens is 3. The second-order valence-corrected chi connectivity index (χ2v) is 11.0. The van der Waals surface area contributed by atoms with Crippen molar-refractivity contribution in [3.63, 3.8) is 0 Å². The smallest absolute Gasteiger partial charge is 0.374 e. The van der Waals surface area contributed by atoms with E-state index in [1.54, 1.807) is 30.3 Å². The molecule has 2 aromatic rings. The summed E-state index contributed by atoms with van der Waals surface area (Å²) in [5.74, 6) is -1.91. The first-order valence-electron chi connectivity index (χ1n) is 13.3. The predicted molar refractivity (Wildman–Crippen MR) is 145 cm³/mol. The van der Waals surface area contributed by atoms with Crippen LogP contribution in [0.5, 0.6) is 0 Å². The van der Waals surface area contributed by atoms with Crippen LogP contribution in [0.4, 0.5) is 13.2 Å². The van der Waals surface area contributed by atoms with Crippen molar-refractivity contribution in [1.82, 2.24) is 15.2 Å². The van der Waals surface area contributed by atoms with Gasteiger partial charge in [-0.1, -0.05) is 60.7 Å². The minimum atomic E-state index is -4.64. The number of carbonyl (C=O) groups excluding carboxylic acids is 3. The van der Waals surface area contributed by atoms with Gasteiger partial charge in [0, 0.05) is 19.5 Å². The molecule has 3 N–H and O–H groups in total. The number of carbonyl (C=O) groups is 3. The predicted octanol–water partition coefficient (Wildman–Crippen LogP) is 2.65. The summed E-state index contributed by atoms with van der Waals surface area (Å²) in [6.45, 7) is 1.41. The molecule has 41 heavy (non-hydrogen) atoms. The number of nitrogens with two attached hydrogens (primary N) is 1. The fourth-order valence-corrected chi connectivity index (χ4v) is 5.00. The Balaban J connectivity index is 1.58. The highest BCUT2D eigenvalue weighted by molar-refractivity contribution is 6.14. The van der Waals surface area contributed by atoms with Crippen LogP contribution in [-0.2, 0) is 32.1 Å². The van der Waals surface area contributed by atoms with Gasteiger partial charge in [-0.05, 0) is 31.4 Å². The minimum absolute atomic E-state index is 0.0704. The SMILES string of the molecule is CC(C)(N)C(=O)NC(COCc1ccccc1)C(=O)N1CCC2=NN(CC(F)(F)F)C(=O)C2(Cc2ccccc2)C1. The molecule has 1 saturated heterocycles. The second-order valence-electron chi connectivity index (χ2n) is 11.0. The third kappa shape index (κ3) is 7.31. The summed E-state index contributed by atoms with van der Waals surface area (Å²) in [7, 11) is 0. The Bertz CT molecular complexity index is 1280. The Morgan fingerprint density at radius 3 is 2.27 bits per heavy atom. The normalized spacial score (nSPS) is 20.0. The van der Waals surface area contributed by atoms with E-state index in [1.807, 2.05) is 30.3 Å². The average molecular weight is 574 g/mol. The van der Waals surface area contributed by atoms with E-state index in [-0.39, 0.29) is 39.1 Å². The van der Waals surface area contributed by atoms with Crippen LogP contribution in [0.1, 0.15) is 31.4 Å². The number of amides is 3. The van der Waals surface area contributed by atoms with E-state index in [0.29, 0.717) is 10.7 Å². The largest absolute Gasteiger partial charge is 0.408 e. The standard InChI is InChI=1S/C29H34F3N5O4/c1-27(2,33)25(39)34-22(17-41-16-21-11-7-4-8-12-21)24(38)36-14-13-23-28(18-36,15-20-9-5-3-6-10-20)26(40)37(35-23)19-29(30,31)32/h3-12,22H,13-19,33H2,1-2H3,(H,34,39). The van der Waals surface area contributed by atoms with Gasteiger partial charge < -0.3 is 20.7 Å². The van der Waals surface area contributed by atoms with Gasteiger partial charge in [0.2, 0.25) is 11.8 Å². The monoisotopic (exact) mass is 573 g/mol. The molecule has 2 unspecified atom stereocenters. The van der Waals surface area contributed by atoms with E-state index < -0.39 is 47.4 Å². The molecule has 3 amide bonds. The van der Waals surface area contributed by atoms with Crippen molar-refractivity contribution in [3.05, 3.63) is 71.8 Å². The summed E-state index contributed by atoms with van der Waals surface area (Å²) < 4.78 is 45.6.